The van der Waals surface area contributed by atoms with E-state index in [0.717, 1.165) is 17.7 Å². The Morgan fingerprint density at radius 1 is 1.28 bits per heavy atom. The number of primary sulfonamides is 1. The summed E-state index contributed by atoms with van der Waals surface area (Å²) >= 11 is 0. The van der Waals surface area contributed by atoms with Crippen LogP contribution in [0.1, 0.15) is 45.6 Å². The van der Waals surface area contributed by atoms with Gasteiger partial charge < -0.3 is 4.74 Å². The van der Waals surface area contributed by atoms with Gasteiger partial charge in [-0.2, -0.15) is 0 Å². The van der Waals surface area contributed by atoms with Crippen LogP contribution in [0.2, 0.25) is 0 Å². The Bertz CT molecular complexity index is 509. The van der Waals surface area contributed by atoms with Crippen molar-refractivity contribution in [2.24, 2.45) is 5.14 Å². The predicted octanol–water partition coefficient (Wildman–Crippen LogP) is 2.63. The first kappa shape index (κ1) is 15.0. The molecule has 0 spiro atoms. The minimum absolute atomic E-state index is 0.0998. The van der Waals surface area contributed by atoms with Crippen LogP contribution in [-0.4, -0.2) is 14.5 Å². The van der Waals surface area contributed by atoms with Gasteiger partial charge >= 0.3 is 0 Å². The van der Waals surface area contributed by atoms with Gasteiger partial charge in [0.25, 0.3) is 0 Å². The maximum Gasteiger partial charge on any atom is 0.238 e. The van der Waals surface area contributed by atoms with Gasteiger partial charge in [-0.15, -0.1) is 0 Å². The monoisotopic (exact) mass is 271 g/mol. The zero-order chi connectivity index (χ0) is 13.9. The molecule has 1 rings (SSSR count). The lowest BCUT2D eigenvalue weighted by molar-refractivity contribution is 0.214. The molecule has 0 aliphatic heterocycles. The molecule has 0 saturated carbocycles. The molecule has 0 saturated heterocycles. The maximum absolute atomic E-state index is 11.3. The minimum atomic E-state index is -3.67. The fraction of sp³-hybridized carbons (Fsp3) is 0.538. The third kappa shape index (κ3) is 3.71. The first-order valence-corrected chi connectivity index (χ1v) is 7.63. The molecule has 1 unspecified atom stereocenters. The third-order valence-electron chi connectivity index (χ3n) is 2.83. The van der Waals surface area contributed by atoms with E-state index in [1.165, 1.54) is 6.07 Å². The second-order valence-electron chi connectivity index (χ2n) is 4.74. The van der Waals surface area contributed by atoms with Crippen LogP contribution < -0.4 is 9.88 Å². The first-order chi connectivity index (χ1) is 8.25. The van der Waals surface area contributed by atoms with Gasteiger partial charge in [-0.25, -0.2) is 13.6 Å². The summed E-state index contributed by atoms with van der Waals surface area (Å²) in [4.78, 5) is 0.128. The summed E-state index contributed by atoms with van der Waals surface area (Å²) < 4.78 is 28.5. The molecule has 0 radical (unpaired) electrons. The number of hydrogen-bond acceptors (Lipinski definition) is 3. The molecule has 0 bridgehead atoms. The molecule has 2 N–H and O–H groups in total. The van der Waals surface area contributed by atoms with E-state index in [0.29, 0.717) is 0 Å². The zero-order valence-corrected chi connectivity index (χ0v) is 12.1. The number of ether oxygens (including phenoxy) is 1. The van der Waals surface area contributed by atoms with Crippen molar-refractivity contribution in [3.05, 3.63) is 23.8 Å². The Hall–Kier alpha value is -1.07. The SMILES string of the molecule is CCC(C)Oc1ccc(S(N)(=O)=O)cc1C(C)C. The molecular formula is C13H21NO3S. The molecule has 102 valence electrons. The normalized spacial score (nSPS) is 13.7. The standard InChI is InChI=1S/C13H21NO3S/c1-5-10(4)17-13-7-6-11(18(14,15)16)8-12(13)9(2)3/h6-10H,5H2,1-4H3,(H2,14,15,16). The molecule has 0 aliphatic carbocycles. The van der Waals surface area contributed by atoms with Gasteiger partial charge in [0.2, 0.25) is 10.0 Å². The van der Waals surface area contributed by atoms with Crippen LogP contribution in [0.5, 0.6) is 5.75 Å². The second-order valence-corrected chi connectivity index (χ2v) is 6.30. The highest BCUT2D eigenvalue weighted by Gasteiger charge is 2.15. The number of sulfonamides is 1. The van der Waals surface area contributed by atoms with Gasteiger partial charge in [-0.1, -0.05) is 20.8 Å². The fourth-order valence-electron chi connectivity index (χ4n) is 1.56. The summed E-state index contributed by atoms with van der Waals surface area (Å²) in [5, 5.41) is 5.13. The largest absolute Gasteiger partial charge is 0.490 e. The molecule has 18 heavy (non-hydrogen) atoms. The Kier molecular flexibility index (Phi) is 4.76. The quantitative estimate of drug-likeness (QED) is 0.895. The molecule has 1 aromatic carbocycles. The topological polar surface area (TPSA) is 69.4 Å². The first-order valence-electron chi connectivity index (χ1n) is 6.09. The molecule has 0 aromatic heterocycles. The fourth-order valence-corrected chi connectivity index (χ4v) is 2.11. The average Bonchev–Trinajstić information content (AvgIpc) is 2.27. The lowest BCUT2D eigenvalue weighted by atomic mass is 10.0. The van der Waals surface area contributed by atoms with Crippen LogP contribution in [0.3, 0.4) is 0 Å². The van der Waals surface area contributed by atoms with Gasteiger partial charge in [-0.05, 0) is 43.0 Å². The predicted molar refractivity (Wildman–Crippen MR) is 72.3 cm³/mol. The van der Waals surface area contributed by atoms with Gasteiger partial charge in [0.05, 0.1) is 11.0 Å². The van der Waals surface area contributed by atoms with E-state index >= 15 is 0 Å². The highest BCUT2D eigenvalue weighted by atomic mass is 32.2. The highest BCUT2D eigenvalue weighted by molar-refractivity contribution is 7.89. The highest BCUT2D eigenvalue weighted by Crippen LogP contribution is 2.29. The molecule has 0 amide bonds. The third-order valence-corrected chi connectivity index (χ3v) is 3.75. The van der Waals surface area contributed by atoms with Crippen molar-refractivity contribution in [2.45, 2.75) is 51.0 Å². The van der Waals surface area contributed by atoms with E-state index < -0.39 is 10.0 Å². The van der Waals surface area contributed by atoms with Crippen molar-refractivity contribution >= 4 is 10.0 Å². The van der Waals surface area contributed by atoms with E-state index in [4.69, 9.17) is 9.88 Å². The Morgan fingerprint density at radius 3 is 2.33 bits per heavy atom. The molecule has 0 heterocycles. The Labute approximate surface area is 109 Å². The van der Waals surface area contributed by atoms with Crippen molar-refractivity contribution in [3.8, 4) is 5.75 Å². The van der Waals surface area contributed by atoms with Crippen molar-refractivity contribution in [1.29, 1.82) is 0 Å². The van der Waals surface area contributed by atoms with Crippen molar-refractivity contribution in [2.75, 3.05) is 0 Å². The molecular weight excluding hydrogens is 250 g/mol. The van der Waals surface area contributed by atoms with Crippen LogP contribution >= 0.6 is 0 Å². The van der Waals surface area contributed by atoms with Crippen LogP contribution in [0.25, 0.3) is 0 Å². The van der Waals surface area contributed by atoms with Crippen LogP contribution in [-0.2, 0) is 10.0 Å². The van der Waals surface area contributed by atoms with E-state index in [-0.39, 0.29) is 16.9 Å². The van der Waals surface area contributed by atoms with E-state index in [9.17, 15) is 8.42 Å². The summed E-state index contributed by atoms with van der Waals surface area (Å²) in [5.74, 6) is 0.900. The van der Waals surface area contributed by atoms with Crippen LogP contribution in [0.15, 0.2) is 23.1 Å². The number of benzene rings is 1. The molecule has 0 aliphatic rings. The van der Waals surface area contributed by atoms with Crippen LogP contribution in [0.4, 0.5) is 0 Å². The van der Waals surface area contributed by atoms with E-state index in [1.54, 1.807) is 12.1 Å². The molecule has 5 heteroatoms. The summed E-state index contributed by atoms with van der Waals surface area (Å²) in [7, 11) is -3.67. The van der Waals surface area contributed by atoms with Crippen LogP contribution in [0, 0.1) is 0 Å². The molecule has 1 aromatic rings. The summed E-state index contributed by atoms with van der Waals surface area (Å²) in [6, 6.07) is 4.76. The number of rotatable bonds is 5. The van der Waals surface area contributed by atoms with Crippen molar-refractivity contribution < 1.29 is 13.2 Å². The molecule has 4 nitrogen and oxygen atoms in total. The Balaban J connectivity index is 3.21. The van der Waals surface area contributed by atoms with Crippen molar-refractivity contribution in [1.82, 2.24) is 0 Å². The summed E-state index contributed by atoms with van der Waals surface area (Å²) in [6.07, 6.45) is 0.997. The summed E-state index contributed by atoms with van der Waals surface area (Å²) in [5.41, 5.74) is 0.863. The lowest BCUT2D eigenvalue weighted by Gasteiger charge is -2.18. The maximum atomic E-state index is 11.3. The van der Waals surface area contributed by atoms with Gasteiger partial charge in [0.15, 0.2) is 0 Å². The lowest BCUT2D eigenvalue weighted by Crippen LogP contribution is -2.15. The number of hydrogen-bond donors (Lipinski definition) is 1. The summed E-state index contributed by atoms with van der Waals surface area (Å²) in [6.45, 7) is 8.01. The minimum Gasteiger partial charge on any atom is -0.490 e. The molecule has 0 fully saturated rings. The van der Waals surface area contributed by atoms with Gasteiger partial charge in [0, 0.05) is 0 Å². The van der Waals surface area contributed by atoms with E-state index in [1.807, 2.05) is 27.7 Å². The van der Waals surface area contributed by atoms with E-state index in [2.05, 4.69) is 0 Å². The zero-order valence-electron chi connectivity index (χ0n) is 11.3. The van der Waals surface area contributed by atoms with Gasteiger partial charge in [0.1, 0.15) is 5.75 Å². The number of nitrogens with two attached hydrogens (primary N) is 1. The average molecular weight is 271 g/mol. The van der Waals surface area contributed by atoms with Gasteiger partial charge in [-0.3, -0.25) is 0 Å². The Morgan fingerprint density at radius 2 is 1.89 bits per heavy atom. The molecule has 1 atom stereocenters. The smallest absolute Gasteiger partial charge is 0.238 e. The van der Waals surface area contributed by atoms with Crippen molar-refractivity contribution in [3.63, 3.8) is 0 Å². The second kappa shape index (κ2) is 5.71.